The summed E-state index contributed by atoms with van der Waals surface area (Å²) in [5, 5.41) is 0.556. The molecule has 0 atom stereocenters. The highest BCUT2D eigenvalue weighted by molar-refractivity contribution is 6.05. The van der Waals surface area contributed by atoms with Crippen LogP contribution in [0.25, 0.3) is 38.9 Å². The third kappa shape index (κ3) is 3.77. The quantitative estimate of drug-likeness (QED) is 0.271. The third-order valence-corrected chi connectivity index (χ3v) is 6.60. The largest absolute Gasteiger partial charge is 0.296 e. The predicted octanol–water partition coefficient (Wildman–Crippen LogP) is 5.99. The fourth-order valence-electron chi connectivity index (χ4n) is 4.69. The molecule has 3 aromatic heterocycles. The van der Waals surface area contributed by atoms with Crippen molar-refractivity contribution in [2.24, 2.45) is 0 Å². The fourth-order valence-corrected chi connectivity index (χ4v) is 4.69. The van der Waals surface area contributed by atoms with E-state index in [4.69, 9.17) is 15.0 Å². The van der Waals surface area contributed by atoms with E-state index in [1.165, 1.54) is 18.4 Å². The van der Waals surface area contributed by atoms with E-state index >= 15 is 0 Å². The Labute approximate surface area is 199 Å². The zero-order valence-corrected chi connectivity index (χ0v) is 20.2. The topological polar surface area (TPSA) is 65.6 Å². The van der Waals surface area contributed by atoms with Crippen molar-refractivity contribution < 1.29 is 0 Å². The number of aromatic nitrogens is 5. The first-order valence-electron chi connectivity index (χ1n) is 12.5. The van der Waals surface area contributed by atoms with E-state index in [1.807, 2.05) is 33.4 Å². The molecule has 0 aliphatic carbocycles. The molecule has 0 saturated carbocycles. The Morgan fingerprint density at radius 1 is 0.765 bits per heavy atom. The number of benzene rings is 2. The van der Waals surface area contributed by atoms with Gasteiger partial charge in [0.25, 0.3) is 5.56 Å². The van der Waals surface area contributed by atoms with Crippen molar-refractivity contribution in [1.29, 1.82) is 0 Å². The van der Waals surface area contributed by atoms with Crippen molar-refractivity contribution in [3.63, 3.8) is 0 Å². The summed E-state index contributed by atoms with van der Waals surface area (Å²) in [6.07, 6.45) is 6.09. The van der Waals surface area contributed by atoms with Crippen molar-refractivity contribution in [3.05, 3.63) is 70.3 Å². The first-order chi connectivity index (χ1) is 16.7. The summed E-state index contributed by atoms with van der Waals surface area (Å²) in [5.74, 6) is 0.813. The van der Waals surface area contributed by atoms with Gasteiger partial charge in [-0.05, 0) is 42.7 Å². The Bertz CT molecular complexity index is 1530. The molecule has 0 saturated heterocycles. The summed E-state index contributed by atoms with van der Waals surface area (Å²) >= 11 is 0. The zero-order valence-electron chi connectivity index (χ0n) is 20.2. The molecule has 6 heteroatoms. The van der Waals surface area contributed by atoms with Gasteiger partial charge in [-0.1, -0.05) is 64.3 Å². The molecule has 0 aliphatic heterocycles. The fraction of sp³-hybridized carbons (Fsp3) is 0.357. The van der Waals surface area contributed by atoms with Gasteiger partial charge in [0.05, 0.1) is 11.0 Å². The molecule has 34 heavy (non-hydrogen) atoms. The number of para-hydroxylation sites is 2. The summed E-state index contributed by atoms with van der Waals surface area (Å²) in [5.41, 5.74) is 5.71. The van der Waals surface area contributed by atoms with Crippen LogP contribution in [0, 0.1) is 0 Å². The number of hydrogen-bond donors (Lipinski definition) is 0. The summed E-state index contributed by atoms with van der Waals surface area (Å²) in [4.78, 5) is 28.8. The van der Waals surface area contributed by atoms with Crippen LogP contribution in [0.4, 0.5) is 0 Å². The second kappa shape index (κ2) is 9.37. The minimum absolute atomic E-state index is 0.0168. The van der Waals surface area contributed by atoms with Crippen LogP contribution in [0.5, 0.6) is 0 Å². The zero-order chi connectivity index (χ0) is 23.7. The molecular weight excluding hydrogens is 422 g/mol. The van der Waals surface area contributed by atoms with Crippen molar-refractivity contribution in [3.8, 4) is 5.69 Å². The third-order valence-electron chi connectivity index (χ3n) is 6.60. The van der Waals surface area contributed by atoms with E-state index in [-0.39, 0.29) is 5.56 Å². The Hall–Kier alpha value is -3.54. The van der Waals surface area contributed by atoms with Gasteiger partial charge >= 0.3 is 0 Å². The van der Waals surface area contributed by atoms with Crippen molar-refractivity contribution in [2.45, 2.75) is 65.8 Å². The lowest BCUT2D eigenvalue weighted by Crippen LogP contribution is -2.25. The van der Waals surface area contributed by atoms with Crippen LogP contribution in [0.3, 0.4) is 0 Å². The minimum Gasteiger partial charge on any atom is -0.296 e. The Morgan fingerprint density at radius 2 is 1.50 bits per heavy atom. The molecule has 0 radical (unpaired) electrons. The van der Waals surface area contributed by atoms with Gasteiger partial charge in [0, 0.05) is 18.7 Å². The van der Waals surface area contributed by atoms with Gasteiger partial charge in [0.15, 0.2) is 11.3 Å². The van der Waals surface area contributed by atoms with Crippen LogP contribution in [0.15, 0.2) is 53.3 Å². The molecule has 0 amide bonds. The highest BCUT2D eigenvalue weighted by atomic mass is 16.1. The van der Waals surface area contributed by atoms with Crippen LogP contribution < -0.4 is 5.56 Å². The molecular formula is C28H31N5O. The maximum absolute atomic E-state index is 13.9. The monoisotopic (exact) mass is 453 g/mol. The van der Waals surface area contributed by atoms with Crippen LogP contribution >= 0.6 is 0 Å². The van der Waals surface area contributed by atoms with Gasteiger partial charge in [-0.25, -0.2) is 15.0 Å². The number of aryl methyl sites for hydroxylation is 2. The SMILES string of the molecule is CCCCCCn1c(CC)nc2c(c1=O)c1nc3ccccc3nc1n2-c1ccc(CC)cc1. The average Bonchev–Trinajstić information content (AvgIpc) is 3.19. The van der Waals surface area contributed by atoms with Crippen LogP contribution in [-0.2, 0) is 19.4 Å². The van der Waals surface area contributed by atoms with E-state index < -0.39 is 0 Å². The smallest absolute Gasteiger partial charge is 0.265 e. The molecule has 0 spiro atoms. The predicted molar refractivity (Wildman–Crippen MR) is 139 cm³/mol. The van der Waals surface area contributed by atoms with E-state index in [9.17, 15) is 4.79 Å². The second-order valence-electron chi connectivity index (χ2n) is 8.84. The number of hydrogen-bond acceptors (Lipinski definition) is 4. The van der Waals surface area contributed by atoms with Crippen LogP contribution in [0.2, 0.25) is 0 Å². The van der Waals surface area contributed by atoms with Crippen molar-refractivity contribution in [1.82, 2.24) is 24.1 Å². The van der Waals surface area contributed by atoms with E-state index in [1.54, 1.807) is 0 Å². The standard InChI is InChI=1S/C28H31N5O/c1-4-7-8-11-18-32-23(6-3)31-26-24(28(32)34)25-27(30-22-13-10-9-12-21(22)29-25)33(26)20-16-14-19(5-2)15-17-20/h9-10,12-17H,4-8,11,18H2,1-3H3. The van der Waals surface area contributed by atoms with Gasteiger partial charge < -0.3 is 0 Å². The van der Waals surface area contributed by atoms with Gasteiger partial charge in [-0.3, -0.25) is 13.9 Å². The summed E-state index contributed by atoms with van der Waals surface area (Å²) < 4.78 is 3.87. The molecule has 0 aliphatic rings. The normalized spacial score (nSPS) is 11.7. The lowest BCUT2D eigenvalue weighted by molar-refractivity contribution is 0.548. The maximum atomic E-state index is 13.9. The Kier molecular flexibility index (Phi) is 6.14. The molecule has 0 fully saturated rings. The van der Waals surface area contributed by atoms with Crippen LogP contribution in [-0.4, -0.2) is 24.1 Å². The average molecular weight is 454 g/mol. The molecule has 5 aromatic rings. The summed E-state index contributed by atoms with van der Waals surface area (Å²) in [7, 11) is 0. The molecule has 3 heterocycles. The maximum Gasteiger partial charge on any atom is 0.265 e. The first kappa shape index (κ1) is 22.3. The van der Waals surface area contributed by atoms with E-state index in [0.29, 0.717) is 35.2 Å². The molecule has 6 nitrogen and oxygen atoms in total. The number of fused-ring (bicyclic) bond motifs is 4. The highest BCUT2D eigenvalue weighted by Gasteiger charge is 2.22. The summed E-state index contributed by atoms with van der Waals surface area (Å²) in [6, 6.07) is 16.2. The first-order valence-corrected chi connectivity index (χ1v) is 12.5. The summed E-state index contributed by atoms with van der Waals surface area (Å²) in [6.45, 7) is 7.08. The van der Waals surface area contributed by atoms with Crippen molar-refractivity contribution in [2.75, 3.05) is 0 Å². The Balaban J connectivity index is 1.83. The van der Waals surface area contributed by atoms with E-state index in [0.717, 1.165) is 41.8 Å². The second-order valence-corrected chi connectivity index (χ2v) is 8.84. The van der Waals surface area contributed by atoms with Gasteiger partial charge in [-0.15, -0.1) is 0 Å². The lowest BCUT2D eigenvalue weighted by atomic mass is 10.1. The minimum atomic E-state index is -0.0168. The number of unbranched alkanes of at least 4 members (excludes halogenated alkanes) is 3. The van der Waals surface area contributed by atoms with E-state index in [2.05, 4.69) is 45.0 Å². The molecule has 5 rings (SSSR count). The van der Waals surface area contributed by atoms with Gasteiger partial charge in [-0.2, -0.15) is 0 Å². The Morgan fingerprint density at radius 3 is 2.18 bits per heavy atom. The number of nitrogens with zero attached hydrogens (tertiary/aromatic N) is 5. The molecule has 2 aromatic carbocycles. The highest BCUT2D eigenvalue weighted by Crippen LogP contribution is 2.29. The number of rotatable bonds is 8. The van der Waals surface area contributed by atoms with Crippen molar-refractivity contribution >= 4 is 33.2 Å². The van der Waals surface area contributed by atoms with Gasteiger partial charge in [0.2, 0.25) is 0 Å². The molecule has 0 unspecified atom stereocenters. The van der Waals surface area contributed by atoms with Crippen LogP contribution in [0.1, 0.15) is 57.8 Å². The molecule has 0 bridgehead atoms. The lowest BCUT2D eigenvalue weighted by Gasteiger charge is -2.12. The molecule has 174 valence electrons. The van der Waals surface area contributed by atoms with Gasteiger partial charge in [0.1, 0.15) is 16.7 Å². The molecule has 0 N–H and O–H groups in total.